The zero-order chi connectivity index (χ0) is 22.0. The number of amides is 2. The minimum atomic E-state index is -1.30. The van der Waals surface area contributed by atoms with Crippen LogP contribution in [0.3, 0.4) is 0 Å². The first-order valence-electron chi connectivity index (χ1n) is 8.71. The van der Waals surface area contributed by atoms with E-state index in [2.05, 4.69) is 15.7 Å². The molecule has 2 N–H and O–H groups in total. The number of carbonyl (C=O) groups is 2. The molecule has 0 aliphatic carbocycles. The standard InChI is InChI=1S/C20H16ClF3N4O2/c1-10-16(18(21)28(27-10)13-6-4-12(22)5-7-13)19(29)26-17(20(30)25-2)11-3-8-14(23)15(24)9-11/h3-9,17H,1-2H3,(H,25,30)(H,26,29). The quantitative estimate of drug-likeness (QED) is 0.643. The van der Waals surface area contributed by atoms with Crippen LogP contribution in [0.4, 0.5) is 13.2 Å². The normalized spacial score (nSPS) is 11.8. The van der Waals surface area contributed by atoms with Gasteiger partial charge in [-0.2, -0.15) is 5.10 Å². The van der Waals surface area contributed by atoms with Crippen molar-refractivity contribution in [3.63, 3.8) is 0 Å². The van der Waals surface area contributed by atoms with E-state index in [0.717, 1.165) is 12.1 Å². The predicted octanol–water partition coefficient (Wildman–Crippen LogP) is 3.47. The van der Waals surface area contributed by atoms with Gasteiger partial charge in [-0.05, 0) is 48.9 Å². The first-order valence-corrected chi connectivity index (χ1v) is 9.09. The summed E-state index contributed by atoms with van der Waals surface area (Å²) in [5.41, 5.74) is 0.702. The van der Waals surface area contributed by atoms with Crippen LogP contribution in [-0.4, -0.2) is 28.6 Å². The van der Waals surface area contributed by atoms with Gasteiger partial charge in [-0.25, -0.2) is 17.9 Å². The number of nitrogens with zero attached hydrogens (tertiary/aromatic N) is 2. The van der Waals surface area contributed by atoms with E-state index in [1.54, 1.807) is 0 Å². The monoisotopic (exact) mass is 436 g/mol. The van der Waals surface area contributed by atoms with Crippen molar-refractivity contribution < 1.29 is 22.8 Å². The van der Waals surface area contributed by atoms with Gasteiger partial charge < -0.3 is 10.6 Å². The van der Waals surface area contributed by atoms with Gasteiger partial charge in [0.25, 0.3) is 5.91 Å². The Morgan fingerprint density at radius 3 is 2.33 bits per heavy atom. The second kappa shape index (κ2) is 8.58. The van der Waals surface area contributed by atoms with Crippen LogP contribution >= 0.6 is 11.6 Å². The average molecular weight is 437 g/mol. The van der Waals surface area contributed by atoms with Crippen LogP contribution in [0.1, 0.15) is 27.7 Å². The summed E-state index contributed by atoms with van der Waals surface area (Å²) in [6.07, 6.45) is 0. The van der Waals surface area contributed by atoms with E-state index in [0.29, 0.717) is 5.69 Å². The number of aryl methyl sites for hydroxylation is 1. The number of aromatic nitrogens is 2. The molecule has 10 heteroatoms. The average Bonchev–Trinajstić information content (AvgIpc) is 3.02. The SMILES string of the molecule is CNC(=O)C(NC(=O)c1c(C)nn(-c2ccc(F)cc2)c1Cl)c1ccc(F)c(F)c1. The lowest BCUT2D eigenvalue weighted by Gasteiger charge is -2.18. The zero-order valence-corrected chi connectivity index (χ0v) is 16.6. The van der Waals surface area contributed by atoms with Gasteiger partial charge in [0.2, 0.25) is 5.91 Å². The molecule has 0 aliphatic rings. The third kappa shape index (κ3) is 4.16. The van der Waals surface area contributed by atoms with E-state index in [1.807, 2.05) is 0 Å². The predicted molar refractivity (Wildman–Crippen MR) is 104 cm³/mol. The minimum absolute atomic E-state index is 0.0162. The lowest BCUT2D eigenvalue weighted by molar-refractivity contribution is -0.122. The second-order valence-corrected chi connectivity index (χ2v) is 6.69. The molecule has 30 heavy (non-hydrogen) atoms. The number of hydrogen-bond donors (Lipinski definition) is 2. The fraction of sp³-hybridized carbons (Fsp3) is 0.150. The van der Waals surface area contributed by atoms with Crippen molar-refractivity contribution in [1.82, 2.24) is 20.4 Å². The fourth-order valence-corrected chi connectivity index (χ4v) is 3.21. The number of hydrogen-bond acceptors (Lipinski definition) is 3. The highest BCUT2D eigenvalue weighted by molar-refractivity contribution is 6.33. The van der Waals surface area contributed by atoms with Crippen molar-refractivity contribution in [2.75, 3.05) is 7.05 Å². The maximum absolute atomic E-state index is 13.6. The summed E-state index contributed by atoms with van der Waals surface area (Å²) in [6, 6.07) is 6.87. The van der Waals surface area contributed by atoms with Crippen molar-refractivity contribution in [2.45, 2.75) is 13.0 Å². The summed E-state index contributed by atoms with van der Waals surface area (Å²) in [7, 11) is 1.34. The number of carbonyl (C=O) groups excluding carboxylic acids is 2. The van der Waals surface area contributed by atoms with Crippen molar-refractivity contribution in [3.05, 3.63) is 81.9 Å². The largest absolute Gasteiger partial charge is 0.357 e. The summed E-state index contributed by atoms with van der Waals surface area (Å²) in [6.45, 7) is 1.53. The molecule has 0 bridgehead atoms. The summed E-state index contributed by atoms with van der Waals surface area (Å²) in [5.74, 6) is -4.08. The molecule has 1 atom stereocenters. The topological polar surface area (TPSA) is 76.0 Å². The number of likely N-dealkylation sites (N-methyl/N-ethyl adjacent to an activating group) is 1. The van der Waals surface area contributed by atoms with E-state index < -0.39 is 35.3 Å². The Kier molecular flexibility index (Phi) is 6.12. The maximum Gasteiger partial charge on any atom is 0.257 e. The third-order valence-corrected chi connectivity index (χ3v) is 4.71. The van der Waals surface area contributed by atoms with Gasteiger partial charge >= 0.3 is 0 Å². The highest BCUT2D eigenvalue weighted by Gasteiger charge is 2.27. The Hall–Kier alpha value is -3.33. The molecule has 3 aromatic rings. The Balaban J connectivity index is 1.95. The minimum Gasteiger partial charge on any atom is -0.357 e. The van der Waals surface area contributed by atoms with Crippen molar-refractivity contribution >= 4 is 23.4 Å². The summed E-state index contributed by atoms with van der Waals surface area (Å²) >= 11 is 6.32. The molecule has 0 saturated heterocycles. The molecule has 0 radical (unpaired) electrons. The molecule has 0 aliphatic heterocycles. The van der Waals surface area contributed by atoms with Crippen LogP contribution in [0, 0.1) is 24.4 Å². The van der Waals surface area contributed by atoms with Crippen LogP contribution in [-0.2, 0) is 4.79 Å². The highest BCUT2D eigenvalue weighted by atomic mass is 35.5. The third-order valence-electron chi connectivity index (χ3n) is 4.36. The van der Waals surface area contributed by atoms with E-state index in [4.69, 9.17) is 11.6 Å². The van der Waals surface area contributed by atoms with Crippen molar-refractivity contribution in [3.8, 4) is 5.69 Å². The lowest BCUT2D eigenvalue weighted by Crippen LogP contribution is -2.39. The highest BCUT2D eigenvalue weighted by Crippen LogP contribution is 2.25. The van der Waals surface area contributed by atoms with Gasteiger partial charge in [0.1, 0.15) is 17.0 Å². The Morgan fingerprint density at radius 1 is 1.07 bits per heavy atom. The van der Waals surface area contributed by atoms with Gasteiger partial charge in [-0.15, -0.1) is 0 Å². The zero-order valence-electron chi connectivity index (χ0n) is 15.8. The molecule has 3 rings (SSSR count). The first-order chi connectivity index (χ1) is 14.2. The van der Waals surface area contributed by atoms with Crippen LogP contribution < -0.4 is 10.6 Å². The van der Waals surface area contributed by atoms with E-state index in [1.165, 1.54) is 49.0 Å². The molecule has 6 nitrogen and oxygen atoms in total. The second-order valence-electron chi connectivity index (χ2n) is 6.33. The molecule has 0 fully saturated rings. The van der Waals surface area contributed by atoms with Gasteiger partial charge in [0.05, 0.1) is 16.9 Å². The molecule has 2 aromatic carbocycles. The summed E-state index contributed by atoms with van der Waals surface area (Å²) < 4.78 is 41.3. The van der Waals surface area contributed by atoms with E-state index in [9.17, 15) is 22.8 Å². The molecule has 1 unspecified atom stereocenters. The molecular weight excluding hydrogens is 421 g/mol. The van der Waals surface area contributed by atoms with E-state index in [-0.39, 0.29) is 22.0 Å². The van der Waals surface area contributed by atoms with Crippen LogP contribution in [0.5, 0.6) is 0 Å². The number of nitrogens with one attached hydrogen (secondary N) is 2. The van der Waals surface area contributed by atoms with Crippen molar-refractivity contribution in [2.24, 2.45) is 0 Å². The molecular formula is C20H16ClF3N4O2. The first kappa shape index (κ1) is 21.4. The van der Waals surface area contributed by atoms with Gasteiger partial charge in [-0.3, -0.25) is 9.59 Å². The molecule has 156 valence electrons. The molecule has 0 saturated carbocycles. The Labute approximate surface area is 174 Å². The smallest absolute Gasteiger partial charge is 0.257 e. The molecule has 0 spiro atoms. The molecule has 1 aromatic heterocycles. The maximum atomic E-state index is 13.6. The number of rotatable bonds is 5. The van der Waals surface area contributed by atoms with E-state index >= 15 is 0 Å². The van der Waals surface area contributed by atoms with Gasteiger partial charge in [-0.1, -0.05) is 17.7 Å². The summed E-state index contributed by atoms with van der Waals surface area (Å²) in [5, 5.41) is 8.96. The lowest BCUT2D eigenvalue weighted by atomic mass is 10.0. The molecule has 2 amide bonds. The molecule has 1 heterocycles. The summed E-state index contributed by atoms with van der Waals surface area (Å²) in [4.78, 5) is 25.2. The fourth-order valence-electron chi connectivity index (χ4n) is 2.85. The Morgan fingerprint density at radius 2 is 1.73 bits per heavy atom. The number of benzene rings is 2. The van der Waals surface area contributed by atoms with Crippen LogP contribution in [0.2, 0.25) is 5.15 Å². The van der Waals surface area contributed by atoms with Crippen molar-refractivity contribution in [1.29, 1.82) is 0 Å². The van der Waals surface area contributed by atoms with Gasteiger partial charge in [0, 0.05) is 7.05 Å². The Bertz CT molecular complexity index is 1120. The van der Waals surface area contributed by atoms with Crippen LogP contribution in [0.25, 0.3) is 5.69 Å². The van der Waals surface area contributed by atoms with Gasteiger partial charge in [0.15, 0.2) is 11.6 Å². The van der Waals surface area contributed by atoms with Crippen LogP contribution in [0.15, 0.2) is 42.5 Å². The number of halogens is 4.